The Morgan fingerprint density at radius 3 is 2.11 bits per heavy atom. The van der Waals surface area contributed by atoms with Crippen LogP contribution in [0.5, 0.6) is 0 Å². The van der Waals surface area contributed by atoms with E-state index in [1.54, 1.807) is 43.0 Å². The number of nitrogens with zero attached hydrogens (tertiary/aromatic N) is 1. The lowest BCUT2D eigenvalue weighted by molar-refractivity contribution is -0.136. The van der Waals surface area contributed by atoms with Crippen LogP contribution in [0, 0.1) is 5.41 Å². The van der Waals surface area contributed by atoms with Crippen molar-refractivity contribution in [2.24, 2.45) is 5.41 Å². The van der Waals surface area contributed by atoms with Gasteiger partial charge in [0.1, 0.15) is 5.41 Å². The monoisotopic (exact) mass is 368 g/mol. The molecular weight excluding hydrogens is 344 g/mol. The fourth-order valence-corrected chi connectivity index (χ4v) is 2.58. The number of hydrogen-bond donors (Lipinski definition) is 1. The number of rotatable bonds is 6. The van der Waals surface area contributed by atoms with Crippen LogP contribution in [-0.4, -0.2) is 31.4 Å². The molecule has 0 radical (unpaired) electrons. The summed E-state index contributed by atoms with van der Waals surface area (Å²) < 4.78 is 4.65. The number of ether oxygens (including phenoxy) is 1. The number of para-hydroxylation sites is 1. The van der Waals surface area contributed by atoms with Crippen molar-refractivity contribution < 1.29 is 19.1 Å². The van der Waals surface area contributed by atoms with Gasteiger partial charge in [0.15, 0.2) is 0 Å². The lowest BCUT2D eigenvalue weighted by Gasteiger charge is -2.30. The van der Waals surface area contributed by atoms with Crippen LogP contribution in [0.1, 0.15) is 31.1 Å². The average Bonchev–Trinajstić information content (AvgIpc) is 2.69. The number of amides is 2. The molecule has 2 rings (SSSR count). The maximum Gasteiger partial charge on any atom is 0.337 e. The molecule has 0 heterocycles. The third-order valence-corrected chi connectivity index (χ3v) is 4.30. The first kappa shape index (κ1) is 20.2. The van der Waals surface area contributed by atoms with Crippen molar-refractivity contribution in [3.8, 4) is 0 Å². The molecule has 0 bridgehead atoms. The summed E-state index contributed by atoms with van der Waals surface area (Å²) in [5.41, 5.74) is 0.351. The number of hydrogen-bond acceptors (Lipinski definition) is 4. The van der Waals surface area contributed by atoms with Gasteiger partial charge >= 0.3 is 5.97 Å². The van der Waals surface area contributed by atoms with Crippen molar-refractivity contribution in [1.82, 2.24) is 0 Å². The summed E-state index contributed by atoms with van der Waals surface area (Å²) in [6.07, 6.45) is 0. The molecule has 0 aromatic heterocycles. The molecule has 2 aromatic carbocycles. The molecule has 0 spiro atoms. The van der Waals surface area contributed by atoms with Crippen LogP contribution < -0.4 is 10.2 Å². The average molecular weight is 368 g/mol. The van der Waals surface area contributed by atoms with E-state index in [1.807, 2.05) is 37.3 Å². The molecule has 27 heavy (non-hydrogen) atoms. The predicted molar refractivity (Wildman–Crippen MR) is 105 cm³/mol. The van der Waals surface area contributed by atoms with Gasteiger partial charge in [-0.1, -0.05) is 18.2 Å². The zero-order chi connectivity index (χ0) is 20.0. The molecule has 0 saturated carbocycles. The van der Waals surface area contributed by atoms with E-state index in [-0.39, 0.29) is 5.91 Å². The van der Waals surface area contributed by atoms with Gasteiger partial charge in [-0.25, -0.2) is 4.79 Å². The van der Waals surface area contributed by atoms with Gasteiger partial charge in [0.25, 0.3) is 0 Å². The molecule has 1 N–H and O–H groups in total. The Morgan fingerprint density at radius 2 is 1.59 bits per heavy atom. The van der Waals surface area contributed by atoms with Gasteiger partial charge in [0.05, 0.1) is 12.7 Å². The number of carbonyl (C=O) groups is 3. The molecule has 6 nitrogen and oxygen atoms in total. The second kappa shape index (κ2) is 8.49. The minimum Gasteiger partial charge on any atom is -0.465 e. The SMILES string of the molecule is CCN(C(=O)C(C)(C)C(=O)Nc1ccc(C(=O)OC)cc1)c1ccccc1. The highest BCUT2D eigenvalue weighted by molar-refractivity contribution is 6.14. The predicted octanol–water partition coefficient (Wildman–Crippen LogP) is 3.49. The van der Waals surface area contributed by atoms with Gasteiger partial charge in [-0.3, -0.25) is 9.59 Å². The van der Waals surface area contributed by atoms with E-state index >= 15 is 0 Å². The molecule has 0 aliphatic rings. The minimum atomic E-state index is -1.27. The van der Waals surface area contributed by atoms with E-state index in [1.165, 1.54) is 7.11 Å². The van der Waals surface area contributed by atoms with Crippen molar-refractivity contribution in [2.45, 2.75) is 20.8 Å². The molecule has 0 atom stereocenters. The first-order valence-electron chi connectivity index (χ1n) is 8.68. The van der Waals surface area contributed by atoms with E-state index in [0.717, 1.165) is 5.69 Å². The molecule has 142 valence electrons. The lowest BCUT2D eigenvalue weighted by Crippen LogP contribution is -2.47. The summed E-state index contributed by atoms with van der Waals surface area (Å²) in [6, 6.07) is 15.5. The van der Waals surface area contributed by atoms with Crippen LogP contribution in [0.4, 0.5) is 11.4 Å². The minimum absolute atomic E-state index is 0.292. The Labute approximate surface area is 159 Å². The van der Waals surface area contributed by atoms with Crippen LogP contribution >= 0.6 is 0 Å². The molecule has 6 heteroatoms. The molecule has 0 aliphatic heterocycles. The van der Waals surface area contributed by atoms with E-state index < -0.39 is 17.3 Å². The van der Waals surface area contributed by atoms with Crippen molar-refractivity contribution >= 4 is 29.2 Å². The van der Waals surface area contributed by atoms with Crippen LogP contribution in [0.2, 0.25) is 0 Å². The normalized spacial score (nSPS) is 10.8. The molecule has 0 aliphatic carbocycles. The highest BCUT2D eigenvalue weighted by Crippen LogP contribution is 2.25. The molecule has 2 aromatic rings. The Kier molecular flexibility index (Phi) is 6.34. The topological polar surface area (TPSA) is 75.7 Å². The standard InChI is InChI=1S/C21H24N2O4/c1-5-23(17-9-7-6-8-10-17)20(26)21(2,3)19(25)22-16-13-11-15(12-14-16)18(24)27-4/h6-14H,5H2,1-4H3,(H,22,25). The van der Waals surface area contributed by atoms with Crippen molar-refractivity contribution in [1.29, 1.82) is 0 Å². The maximum absolute atomic E-state index is 13.0. The van der Waals surface area contributed by atoms with E-state index in [9.17, 15) is 14.4 Å². The van der Waals surface area contributed by atoms with E-state index in [2.05, 4.69) is 10.1 Å². The van der Waals surface area contributed by atoms with Crippen LogP contribution in [0.3, 0.4) is 0 Å². The van der Waals surface area contributed by atoms with Crippen LogP contribution in [-0.2, 0) is 14.3 Å². The molecule has 0 saturated heterocycles. The Bertz CT molecular complexity index is 814. The Morgan fingerprint density at radius 1 is 1.00 bits per heavy atom. The van der Waals surface area contributed by atoms with Gasteiger partial charge in [0, 0.05) is 17.9 Å². The van der Waals surface area contributed by atoms with Crippen molar-refractivity contribution in [3.05, 3.63) is 60.2 Å². The number of carbonyl (C=O) groups excluding carboxylic acids is 3. The van der Waals surface area contributed by atoms with Gasteiger partial charge in [0.2, 0.25) is 11.8 Å². The molecule has 0 unspecified atom stereocenters. The number of methoxy groups -OCH3 is 1. The first-order chi connectivity index (χ1) is 12.8. The first-order valence-corrected chi connectivity index (χ1v) is 8.68. The summed E-state index contributed by atoms with van der Waals surface area (Å²) >= 11 is 0. The highest BCUT2D eigenvalue weighted by atomic mass is 16.5. The second-order valence-electron chi connectivity index (χ2n) is 6.53. The highest BCUT2D eigenvalue weighted by Gasteiger charge is 2.39. The quantitative estimate of drug-likeness (QED) is 0.625. The van der Waals surface area contributed by atoms with Gasteiger partial charge in [-0.2, -0.15) is 0 Å². The second-order valence-corrected chi connectivity index (χ2v) is 6.53. The van der Waals surface area contributed by atoms with Crippen LogP contribution in [0.25, 0.3) is 0 Å². The third kappa shape index (κ3) is 4.53. The lowest BCUT2D eigenvalue weighted by atomic mass is 9.89. The summed E-state index contributed by atoms with van der Waals surface area (Å²) in [5.74, 6) is -1.17. The van der Waals surface area contributed by atoms with Gasteiger partial charge < -0.3 is 15.0 Å². The summed E-state index contributed by atoms with van der Waals surface area (Å²) in [5, 5.41) is 2.74. The van der Waals surface area contributed by atoms with Crippen LogP contribution in [0.15, 0.2) is 54.6 Å². The van der Waals surface area contributed by atoms with Crippen molar-refractivity contribution in [3.63, 3.8) is 0 Å². The number of benzene rings is 2. The zero-order valence-electron chi connectivity index (χ0n) is 16.0. The third-order valence-electron chi connectivity index (χ3n) is 4.30. The fraction of sp³-hybridized carbons (Fsp3) is 0.286. The zero-order valence-corrected chi connectivity index (χ0v) is 16.0. The maximum atomic E-state index is 13.0. The van der Waals surface area contributed by atoms with Gasteiger partial charge in [-0.05, 0) is 57.2 Å². The number of anilines is 2. The number of esters is 1. The number of nitrogens with one attached hydrogen (secondary N) is 1. The fourth-order valence-electron chi connectivity index (χ4n) is 2.58. The van der Waals surface area contributed by atoms with Gasteiger partial charge in [-0.15, -0.1) is 0 Å². The molecule has 0 fully saturated rings. The smallest absolute Gasteiger partial charge is 0.337 e. The summed E-state index contributed by atoms with van der Waals surface area (Å²) in [7, 11) is 1.30. The largest absolute Gasteiger partial charge is 0.465 e. The van der Waals surface area contributed by atoms with E-state index in [4.69, 9.17) is 0 Å². The summed E-state index contributed by atoms with van der Waals surface area (Å²) in [4.78, 5) is 38.8. The Hall–Kier alpha value is -3.15. The Balaban J connectivity index is 2.16. The van der Waals surface area contributed by atoms with E-state index in [0.29, 0.717) is 17.8 Å². The molecular formula is C21H24N2O4. The molecule has 2 amide bonds. The van der Waals surface area contributed by atoms with Crippen molar-refractivity contribution in [2.75, 3.05) is 23.9 Å². The summed E-state index contributed by atoms with van der Waals surface area (Å²) in [6.45, 7) is 5.51.